The molecule has 96 valence electrons. The lowest BCUT2D eigenvalue weighted by atomic mass is 10.1. The Balaban J connectivity index is 4.10. The van der Waals surface area contributed by atoms with Crippen molar-refractivity contribution in [2.75, 3.05) is 13.7 Å². The number of amidine groups is 1. The van der Waals surface area contributed by atoms with Crippen molar-refractivity contribution < 1.29 is 13.9 Å². The molecule has 2 N–H and O–H groups in total. The van der Waals surface area contributed by atoms with Gasteiger partial charge in [-0.25, -0.2) is 9.18 Å². The fraction of sp³-hybridized carbons (Fsp3) is 0.545. The first kappa shape index (κ1) is 15.3. The van der Waals surface area contributed by atoms with Gasteiger partial charge in [-0.1, -0.05) is 6.08 Å². The van der Waals surface area contributed by atoms with Gasteiger partial charge in [0.2, 0.25) is 0 Å². The largest absolute Gasteiger partial charge is 0.467 e. The number of methoxy groups -OCH3 is 1. The lowest BCUT2D eigenvalue weighted by Gasteiger charge is -2.07. The zero-order chi connectivity index (χ0) is 13.3. The van der Waals surface area contributed by atoms with E-state index in [0.29, 0.717) is 18.7 Å². The van der Waals surface area contributed by atoms with Crippen molar-refractivity contribution in [3.8, 4) is 0 Å². The molecule has 17 heavy (non-hydrogen) atoms. The minimum atomic E-state index is -0.649. The summed E-state index contributed by atoms with van der Waals surface area (Å²) in [5.74, 6) is -0.527. The predicted molar refractivity (Wildman–Crippen MR) is 65.9 cm³/mol. The molecule has 0 saturated heterocycles. The minimum Gasteiger partial charge on any atom is -0.467 e. The standard InChI is InChI=1S/C11H18FN3O2/c1-8(13)15-7-9(12)5-4-6-10(14-2)11(16)17-3/h5,10H,2,4,6-7H2,1,3H3,(H2,13,15)/b9-5+/t10-/m1/s1. The molecule has 0 saturated carbocycles. The van der Waals surface area contributed by atoms with Crippen LogP contribution in [0.2, 0.25) is 0 Å². The second-order valence-corrected chi connectivity index (χ2v) is 3.41. The Morgan fingerprint density at radius 3 is 2.76 bits per heavy atom. The average molecular weight is 243 g/mol. The third-order valence-corrected chi connectivity index (χ3v) is 1.98. The van der Waals surface area contributed by atoms with E-state index in [1.165, 1.54) is 13.2 Å². The maximum absolute atomic E-state index is 13.1. The highest BCUT2D eigenvalue weighted by Crippen LogP contribution is 2.07. The van der Waals surface area contributed by atoms with Crippen molar-refractivity contribution in [2.24, 2.45) is 15.7 Å². The summed E-state index contributed by atoms with van der Waals surface area (Å²) in [6.45, 7) is 4.79. The van der Waals surface area contributed by atoms with Crippen molar-refractivity contribution in [1.29, 1.82) is 0 Å². The molecule has 0 fully saturated rings. The van der Waals surface area contributed by atoms with E-state index in [1.807, 2.05) is 0 Å². The van der Waals surface area contributed by atoms with Crippen LogP contribution in [0.4, 0.5) is 4.39 Å². The monoisotopic (exact) mass is 243 g/mol. The quantitative estimate of drug-likeness (QED) is 0.415. The fourth-order valence-corrected chi connectivity index (χ4v) is 1.08. The molecule has 0 heterocycles. The van der Waals surface area contributed by atoms with Crippen LogP contribution in [0.1, 0.15) is 19.8 Å². The van der Waals surface area contributed by atoms with Gasteiger partial charge in [0, 0.05) is 0 Å². The number of carbonyl (C=O) groups excluding carboxylic acids is 1. The number of hydrogen-bond acceptors (Lipinski definition) is 4. The third kappa shape index (κ3) is 7.21. The molecule has 0 aromatic heterocycles. The average Bonchev–Trinajstić information content (AvgIpc) is 2.31. The molecule has 0 aromatic carbocycles. The lowest BCUT2D eigenvalue weighted by molar-refractivity contribution is -0.142. The number of ether oxygens (including phenoxy) is 1. The Labute approximate surface area is 100 Å². The van der Waals surface area contributed by atoms with E-state index in [0.717, 1.165) is 0 Å². The number of halogens is 1. The number of nitrogens with two attached hydrogens (primary N) is 1. The van der Waals surface area contributed by atoms with Crippen molar-refractivity contribution in [2.45, 2.75) is 25.8 Å². The topological polar surface area (TPSA) is 77.0 Å². The maximum atomic E-state index is 13.1. The summed E-state index contributed by atoms with van der Waals surface area (Å²) in [4.78, 5) is 18.4. The highest BCUT2D eigenvalue weighted by Gasteiger charge is 2.15. The van der Waals surface area contributed by atoms with Crippen molar-refractivity contribution in [3.05, 3.63) is 11.9 Å². The van der Waals surface area contributed by atoms with Gasteiger partial charge in [-0.2, -0.15) is 0 Å². The van der Waals surface area contributed by atoms with E-state index in [1.54, 1.807) is 6.92 Å². The van der Waals surface area contributed by atoms with E-state index < -0.39 is 12.0 Å². The summed E-state index contributed by atoms with van der Waals surface area (Å²) >= 11 is 0. The first-order valence-corrected chi connectivity index (χ1v) is 5.16. The van der Waals surface area contributed by atoms with Gasteiger partial charge < -0.3 is 10.5 Å². The number of esters is 1. The molecule has 1 atom stereocenters. The van der Waals surface area contributed by atoms with Gasteiger partial charge in [0.05, 0.1) is 19.5 Å². The molecule has 0 radical (unpaired) electrons. The van der Waals surface area contributed by atoms with Crippen LogP contribution in [0.15, 0.2) is 21.9 Å². The van der Waals surface area contributed by atoms with Gasteiger partial charge in [-0.3, -0.25) is 9.98 Å². The van der Waals surface area contributed by atoms with Crippen LogP contribution in [-0.2, 0) is 9.53 Å². The molecule has 0 amide bonds. The summed E-state index contributed by atoms with van der Waals surface area (Å²) in [6.07, 6.45) is 2.08. The van der Waals surface area contributed by atoms with Crippen LogP contribution in [0.3, 0.4) is 0 Å². The lowest BCUT2D eigenvalue weighted by Crippen LogP contribution is -2.19. The second-order valence-electron chi connectivity index (χ2n) is 3.41. The number of hydrogen-bond donors (Lipinski definition) is 1. The predicted octanol–water partition coefficient (Wildman–Crippen LogP) is 1.24. The molecule has 0 rings (SSSR count). The number of rotatable bonds is 7. The van der Waals surface area contributed by atoms with Gasteiger partial charge >= 0.3 is 5.97 Å². The number of aliphatic imine (C=N–C) groups is 2. The first-order chi connectivity index (χ1) is 8.01. The van der Waals surface area contributed by atoms with Gasteiger partial charge in [-0.15, -0.1) is 0 Å². The molecule has 0 unspecified atom stereocenters. The number of carbonyl (C=O) groups is 1. The summed E-state index contributed by atoms with van der Waals surface area (Å²) in [5.41, 5.74) is 5.27. The summed E-state index contributed by atoms with van der Waals surface area (Å²) < 4.78 is 17.7. The van der Waals surface area contributed by atoms with Gasteiger partial charge in [0.25, 0.3) is 0 Å². The molecule has 0 spiro atoms. The van der Waals surface area contributed by atoms with Gasteiger partial charge in [0.15, 0.2) is 0 Å². The van der Waals surface area contributed by atoms with E-state index in [4.69, 9.17) is 5.73 Å². The smallest absolute Gasteiger partial charge is 0.330 e. The molecule has 0 aliphatic carbocycles. The van der Waals surface area contributed by atoms with Crippen LogP contribution in [0.5, 0.6) is 0 Å². The fourth-order valence-electron chi connectivity index (χ4n) is 1.08. The van der Waals surface area contributed by atoms with E-state index >= 15 is 0 Å². The Hall–Kier alpha value is -1.72. The van der Waals surface area contributed by atoms with Crippen molar-refractivity contribution >= 4 is 18.5 Å². The van der Waals surface area contributed by atoms with Gasteiger partial charge in [0.1, 0.15) is 11.9 Å². The van der Waals surface area contributed by atoms with Gasteiger partial charge in [-0.05, 0) is 26.5 Å². The highest BCUT2D eigenvalue weighted by molar-refractivity contribution is 5.77. The van der Waals surface area contributed by atoms with Crippen LogP contribution in [0, 0.1) is 0 Å². The Bertz CT molecular complexity index is 323. The van der Waals surface area contributed by atoms with Crippen molar-refractivity contribution in [1.82, 2.24) is 0 Å². The van der Waals surface area contributed by atoms with Crippen LogP contribution < -0.4 is 5.73 Å². The summed E-state index contributed by atoms with van der Waals surface area (Å²) in [5, 5.41) is 0. The molecule has 5 nitrogen and oxygen atoms in total. The SMILES string of the molecule is C=N[C@H](CC/C=C(/F)CN=C(C)N)C(=O)OC. The van der Waals surface area contributed by atoms with Crippen LogP contribution in [-0.4, -0.2) is 38.2 Å². The zero-order valence-electron chi connectivity index (χ0n) is 10.1. The second kappa shape index (κ2) is 8.43. The third-order valence-electron chi connectivity index (χ3n) is 1.98. The van der Waals surface area contributed by atoms with Crippen molar-refractivity contribution in [3.63, 3.8) is 0 Å². The molecular weight excluding hydrogens is 225 g/mol. The highest BCUT2D eigenvalue weighted by atomic mass is 19.1. The van der Waals surface area contributed by atoms with E-state index in [2.05, 4.69) is 21.4 Å². The minimum absolute atomic E-state index is 0.0766. The van der Waals surface area contributed by atoms with E-state index in [9.17, 15) is 9.18 Å². The first-order valence-electron chi connectivity index (χ1n) is 5.16. The Morgan fingerprint density at radius 1 is 1.65 bits per heavy atom. The normalized spacial score (nSPS) is 14.3. The van der Waals surface area contributed by atoms with E-state index in [-0.39, 0.29) is 12.4 Å². The Morgan fingerprint density at radius 2 is 2.29 bits per heavy atom. The zero-order valence-corrected chi connectivity index (χ0v) is 10.1. The summed E-state index contributed by atoms with van der Waals surface area (Å²) in [6, 6.07) is -0.649. The van der Waals surface area contributed by atoms with Crippen LogP contribution in [0.25, 0.3) is 0 Å². The molecule has 6 heteroatoms. The molecule has 0 aliphatic rings. The number of nitrogens with zero attached hydrogens (tertiary/aromatic N) is 2. The summed E-state index contributed by atoms with van der Waals surface area (Å²) in [7, 11) is 1.27. The molecule has 0 bridgehead atoms. The molecule has 0 aliphatic heterocycles. The van der Waals surface area contributed by atoms with Crippen LogP contribution >= 0.6 is 0 Å². The maximum Gasteiger partial charge on any atom is 0.330 e. The Kier molecular flexibility index (Phi) is 7.58. The number of allylic oxidation sites excluding steroid dienone is 1. The molecule has 0 aromatic rings. The molecular formula is C11H18FN3O2.